The van der Waals surface area contributed by atoms with Crippen LogP contribution in [0, 0.1) is 0 Å². The quantitative estimate of drug-likeness (QED) is 0.411. The number of carbonyl (C=O) groups excluding carboxylic acids is 1. The van der Waals surface area contributed by atoms with E-state index in [1.807, 2.05) is 66.3 Å². The van der Waals surface area contributed by atoms with Crippen LogP contribution in [0.5, 0.6) is 5.75 Å². The molecule has 4 aromatic rings. The predicted molar refractivity (Wildman–Crippen MR) is 116 cm³/mol. The van der Waals surface area contributed by atoms with Crippen molar-refractivity contribution in [2.45, 2.75) is 19.6 Å². The Morgan fingerprint density at radius 3 is 2.67 bits per heavy atom. The van der Waals surface area contributed by atoms with Crippen LogP contribution in [-0.2, 0) is 6.61 Å². The summed E-state index contributed by atoms with van der Waals surface area (Å²) in [6.07, 6.45) is 3.97. The Hall–Kier alpha value is -3.44. The molecule has 0 spiro atoms. The highest BCUT2D eigenvalue weighted by Crippen LogP contribution is 2.24. The van der Waals surface area contributed by atoms with E-state index in [4.69, 9.17) is 20.8 Å². The minimum Gasteiger partial charge on any atom is -0.484 e. The Labute approximate surface area is 179 Å². The number of para-hydroxylation sites is 1. The van der Waals surface area contributed by atoms with Gasteiger partial charge in [-0.25, -0.2) is 0 Å². The Morgan fingerprint density at radius 1 is 1.07 bits per heavy atom. The number of hydrogen-bond donors (Lipinski definition) is 1. The topological polar surface area (TPSA) is 56.4 Å². The van der Waals surface area contributed by atoms with E-state index in [-0.39, 0.29) is 24.3 Å². The Morgan fingerprint density at radius 2 is 1.87 bits per heavy atom. The molecule has 2 heterocycles. The number of carbonyl (C=O) groups is 1. The average Bonchev–Trinajstić information content (AvgIpc) is 3.46. The first-order valence-electron chi connectivity index (χ1n) is 9.60. The Balaban J connectivity index is 1.38. The first-order chi connectivity index (χ1) is 14.6. The molecule has 0 radical (unpaired) electrons. The lowest BCUT2D eigenvalue weighted by Gasteiger charge is -2.15. The van der Waals surface area contributed by atoms with Crippen LogP contribution in [-0.4, -0.2) is 10.5 Å². The van der Waals surface area contributed by atoms with E-state index in [2.05, 4.69) is 11.4 Å². The summed E-state index contributed by atoms with van der Waals surface area (Å²) in [6, 6.07) is 22.4. The molecule has 30 heavy (non-hydrogen) atoms. The molecule has 0 bridgehead atoms. The summed E-state index contributed by atoms with van der Waals surface area (Å²) >= 11 is 6.08. The number of amides is 1. The molecule has 0 saturated heterocycles. The third-order valence-corrected chi connectivity index (χ3v) is 5.02. The number of rotatable bonds is 7. The van der Waals surface area contributed by atoms with Crippen LogP contribution in [0.25, 0.3) is 5.69 Å². The third kappa shape index (κ3) is 4.58. The summed E-state index contributed by atoms with van der Waals surface area (Å²) in [4.78, 5) is 12.6. The maximum atomic E-state index is 12.6. The standard InChI is InChI=1S/C24H21ClN2O3/c1-17(18-7-6-8-19(15-18)27-13-4-5-14-27)26-24(28)23-12-11-20(30-23)16-29-22-10-3-2-9-21(22)25/h2-15,17H,16H2,1H3,(H,26,28). The van der Waals surface area contributed by atoms with Gasteiger partial charge in [0.05, 0.1) is 11.1 Å². The highest BCUT2D eigenvalue weighted by Gasteiger charge is 2.16. The van der Waals surface area contributed by atoms with E-state index >= 15 is 0 Å². The van der Waals surface area contributed by atoms with E-state index in [1.165, 1.54) is 0 Å². The molecule has 0 saturated carbocycles. The Kier molecular flexibility index (Phi) is 5.91. The second-order valence-electron chi connectivity index (χ2n) is 6.87. The number of aromatic nitrogens is 1. The van der Waals surface area contributed by atoms with Gasteiger partial charge in [0.1, 0.15) is 18.1 Å². The molecule has 4 rings (SSSR count). The van der Waals surface area contributed by atoms with E-state index in [1.54, 1.807) is 24.3 Å². The van der Waals surface area contributed by atoms with Crippen LogP contribution < -0.4 is 10.1 Å². The normalized spacial score (nSPS) is 11.8. The van der Waals surface area contributed by atoms with Crippen molar-refractivity contribution in [2.75, 3.05) is 0 Å². The number of hydrogen-bond acceptors (Lipinski definition) is 3. The zero-order valence-electron chi connectivity index (χ0n) is 16.4. The maximum absolute atomic E-state index is 12.6. The summed E-state index contributed by atoms with van der Waals surface area (Å²) in [7, 11) is 0. The zero-order valence-corrected chi connectivity index (χ0v) is 17.2. The van der Waals surface area contributed by atoms with Gasteiger partial charge in [-0.15, -0.1) is 0 Å². The lowest BCUT2D eigenvalue weighted by atomic mass is 10.1. The van der Waals surface area contributed by atoms with Crippen LogP contribution in [0.4, 0.5) is 0 Å². The molecule has 2 aromatic heterocycles. The molecular formula is C24H21ClN2O3. The maximum Gasteiger partial charge on any atom is 0.287 e. The van der Waals surface area contributed by atoms with Gasteiger partial charge < -0.3 is 19.0 Å². The van der Waals surface area contributed by atoms with Gasteiger partial charge in [0, 0.05) is 18.1 Å². The van der Waals surface area contributed by atoms with Gasteiger partial charge in [-0.2, -0.15) is 0 Å². The Bertz CT molecular complexity index is 1130. The summed E-state index contributed by atoms with van der Waals surface area (Å²) in [5.41, 5.74) is 2.04. The zero-order chi connectivity index (χ0) is 20.9. The van der Waals surface area contributed by atoms with Crippen molar-refractivity contribution in [3.05, 3.63) is 107 Å². The van der Waals surface area contributed by atoms with Crippen molar-refractivity contribution in [3.63, 3.8) is 0 Å². The number of ether oxygens (including phenoxy) is 1. The van der Waals surface area contributed by atoms with Crippen molar-refractivity contribution >= 4 is 17.5 Å². The molecule has 1 amide bonds. The van der Waals surface area contributed by atoms with Crippen LogP contribution in [0.3, 0.4) is 0 Å². The summed E-state index contributed by atoms with van der Waals surface area (Å²) in [5, 5.41) is 3.50. The monoisotopic (exact) mass is 420 g/mol. The summed E-state index contributed by atoms with van der Waals surface area (Å²) in [5.74, 6) is 1.07. The van der Waals surface area contributed by atoms with Crippen molar-refractivity contribution in [2.24, 2.45) is 0 Å². The van der Waals surface area contributed by atoms with Gasteiger partial charge in [0.2, 0.25) is 0 Å². The van der Waals surface area contributed by atoms with Gasteiger partial charge >= 0.3 is 0 Å². The van der Waals surface area contributed by atoms with Crippen LogP contribution in [0.2, 0.25) is 5.02 Å². The van der Waals surface area contributed by atoms with Gasteiger partial charge in [-0.1, -0.05) is 35.9 Å². The molecule has 0 fully saturated rings. The molecule has 152 valence electrons. The largest absolute Gasteiger partial charge is 0.484 e. The molecule has 0 aliphatic rings. The van der Waals surface area contributed by atoms with Crippen molar-refractivity contribution in [1.29, 1.82) is 0 Å². The number of nitrogens with zero attached hydrogens (tertiary/aromatic N) is 1. The highest BCUT2D eigenvalue weighted by atomic mass is 35.5. The molecule has 1 unspecified atom stereocenters. The van der Waals surface area contributed by atoms with Gasteiger partial charge in [0.15, 0.2) is 5.76 Å². The fraction of sp³-hybridized carbons (Fsp3) is 0.125. The molecule has 1 N–H and O–H groups in total. The first-order valence-corrected chi connectivity index (χ1v) is 9.98. The summed E-state index contributed by atoms with van der Waals surface area (Å²) < 4.78 is 13.3. The number of nitrogens with one attached hydrogen (secondary N) is 1. The molecular weight excluding hydrogens is 400 g/mol. The van der Waals surface area contributed by atoms with Crippen LogP contribution >= 0.6 is 11.6 Å². The van der Waals surface area contributed by atoms with Gasteiger partial charge in [0.25, 0.3) is 5.91 Å². The average molecular weight is 421 g/mol. The number of benzene rings is 2. The van der Waals surface area contributed by atoms with Crippen molar-refractivity contribution in [1.82, 2.24) is 9.88 Å². The molecule has 2 aromatic carbocycles. The number of halogens is 1. The minimum absolute atomic E-state index is 0.180. The fourth-order valence-corrected chi connectivity index (χ4v) is 3.29. The van der Waals surface area contributed by atoms with E-state index in [9.17, 15) is 4.79 Å². The minimum atomic E-state index is -0.280. The lowest BCUT2D eigenvalue weighted by molar-refractivity contribution is 0.0907. The molecule has 1 atom stereocenters. The highest BCUT2D eigenvalue weighted by molar-refractivity contribution is 6.32. The van der Waals surface area contributed by atoms with E-state index in [0.29, 0.717) is 16.5 Å². The third-order valence-electron chi connectivity index (χ3n) is 4.71. The molecule has 5 nitrogen and oxygen atoms in total. The second kappa shape index (κ2) is 8.93. The predicted octanol–water partition coefficient (Wildman–Crippen LogP) is 5.79. The molecule has 0 aliphatic heterocycles. The fourth-order valence-electron chi connectivity index (χ4n) is 3.10. The van der Waals surface area contributed by atoms with Crippen molar-refractivity contribution < 1.29 is 13.9 Å². The first kappa shape index (κ1) is 19.9. The number of furan rings is 1. The van der Waals surface area contributed by atoms with Gasteiger partial charge in [-0.05, 0) is 61.0 Å². The lowest BCUT2D eigenvalue weighted by Crippen LogP contribution is -2.26. The van der Waals surface area contributed by atoms with Crippen LogP contribution in [0.15, 0.2) is 89.6 Å². The van der Waals surface area contributed by atoms with E-state index in [0.717, 1.165) is 11.3 Å². The molecule has 0 aliphatic carbocycles. The van der Waals surface area contributed by atoms with Crippen molar-refractivity contribution in [3.8, 4) is 11.4 Å². The SMILES string of the molecule is CC(NC(=O)c1ccc(COc2ccccc2Cl)o1)c1cccc(-n2cccc2)c1. The second-order valence-corrected chi connectivity index (χ2v) is 7.27. The van der Waals surface area contributed by atoms with E-state index < -0.39 is 0 Å². The van der Waals surface area contributed by atoms with Gasteiger partial charge in [-0.3, -0.25) is 4.79 Å². The smallest absolute Gasteiger partial charge is 0.287 e. The molecule has 6 heteroatoms. The summed E-state index contributed by atoms with van der Waals surface area (Å²) in [6.45, 7) is 2.13. The van der Waals surface area contributed by atoms with Crippen LogP contribution in [0.1, 0.15) is 34.8 Å².